The number of aliphatic hydroxyl groups is 2. The predicted molar refractivity (Wildman–Crippen MR) is 417 cm³/mol. The number of quaternary nitrogens is 1. The third-order valence-electron chi connectivity index (χ3n) is 21.3. The molecule has 2 fully saturated rings. The first-order valence-electron chi connectivity index (χ1n) is 37.2. The fraction of sp³-hybridized carbons (Fsp3) is 0.561. The summed E-state index contributed by atoms with van der Waals surface area (Å²) in [4.78, 5) is 7.15. The molecule has 0 amide bonds. The van der Waals surface area contributed by atoms with E-state index in [1.165, 1.54) is 70.8 Å². The lowest BCUT2D eigenvalue weighted by Gasteiger charge is -2.41. The maximum Gasteiger partial charge on any atom is 0.179 e. The predicted octanol–water partition coefficient (Wildman–Crippen LogP) is 15.7. The molecule has 0 saturated carbocycles. The van der Waals surface area contributed by atoms with Gasteiger partial charge in [0.05, 0.1) is 53.1 Å². The molecule has 2 saturated heterocycles. The van der Waals surface area contributed by atoms with Gasteiger partial charge in [-0.15, -0.1) is 24.0 Å². The van der Waals surface area contributed by atoms with Crippen molar-refractivity contribution in [2.45, 2.75) is 191 Å². The fourth-order valence-electron chi connectivity index (χ4n) is 15.6. The molecule has 6 aromatic rings. The summed E-state index contributed by atoms with van der Waals surface area (Å²) in [5.74, 6) is 0.940. The molecule has 0 aromatic heterocycles. The highest BCUT2D eigenvalue weighted by Gasteiger charge is 2.51. The Morgan fingerprint density at radius 2 is 0.890 bits per heavy atom. The van der Waals surface area contributed by atoms with Crippen molar-refractivity contribution in [1.82, 2.24) is 15.5 Å². The number of hydrogen-bond acceptors (Lipinski definition) is 13. The highest BCUT2D eigenvalue weighted by molar-refractivity contribution is 7.91. The first kappa shape index (κ1) is 82.1. The van der Waals surface area contributed by atoms with Gasteiger partial charge in [0.15, 0.2) is 19.7 Å². The minimum atomic E-state index is -3.64. The Morgan fingerprint density at radius 1 is 0.510 bits per heavy atom. The van der Waals surface area contributed by atoms with Crippen LogP contribution in [0.1, 0.15) is 188 Å². The number of rotatable bonds is 29. The first-order valence-corrected chi connectivity index (χ1v) is 41.1. The fourth-order valence-corrected chi connectivity index (χ4v) is 20.1. The number of piperazine rings is 2. The standard InChI is InChI=1S/C41H60N3O4S.C34H44ClNO4S.C7H16N2.ClH/c1-6-9-21-41(22-10-7-2)31-49(46,47)38-20-17-35(43(4)5)28-37(38)39(40(41)45)34-15-18-36(19-16-34)48-30-33-13-11-32(12-14-33)29-44(25-8-3)26-23-42-24-27-44;1-5-7-19-34(20-8-6-2)24-41(38,39)31-18-15-28(36(3)4)21-30(31)32(33(34)37)27-13-16-29(17-14-27)40-23-26-11-9-25(22-35)10-12-26;1-2-5-9-6-3-8-4-7-9;/h11-20,28,39-40,42,45H,6-10,21-27,29-31H2,1-5H3;9-18,21,32-33,37H,5-8,19-20,22-24H2,1-4H3;8H,2-7H2,1H3;1H/q+1;;;/t39-,40-;32-,33-;;/m11../s1. The van der Waals surface area contributed by atoms with E-state index in [0.717, 1.165) is 126 Å². The molecule has 0 aliphatic carbocycles. The van der Waals surface area contributed by atoms with E-state index >= 15 is 0 Å². The van der Waals surface area contributed by atoms with Crippen LogP contribution in [0.5, 0.6) is 11.5 Å². The smallest absolute Gasteiger partial charge is 0.179 e. The molecule has 4 aliphatic rings. The molecule has 0 radical (unpaired) electrons. The first-order chi connectivity index (χ1) is 47.6. The molecule has 14 nitrogen and oxygen atoms in total. The second-order valence-electron chi connectivity index (χ2n) is 29.2. The van der Waals surface area contributed by atoms with Crippen LogP contribution in [0.2, 0.25) is 0 Å². The van der Waals surface area contributed by atoms with Gasteiger partial charge in [-0.25, -0.2) is 16.8 Å². The minimum Gasteiger partial charge on any atom is -0.489 e. The second-order valence-corrected chi connectivity index (χ2v) is 33.4. The van der Waals surface area contributed by atoms with Crippen molar-refractivity contribution in [3.8, 4) is 11.5 Å². The van der Waals surface area contributed by atoms with Crippen molar-refractivity contribution >= 4 is 55.1 Å². The number of benzene rings is 6. The molecular formula is C82H121Cl2N6O8S2+. The summed E-state index contributed by atoms with van der Waals surface area (Å²) in [5, 5.41) is 31.6. The molecule has 0 bridgehead atoms. The zero-order valence-corrected chi connectivity index (χ0v) is 65.2. The molecule has 0 spiro atoms. The van der Waals surface area contributed by atoms with Crippen LogP contribution in [0.15, 0.2) is 143 Å². The van der Waals surface area contributed by atoms with Gasteiger partial charge in [0.1, 0.15) is 31.3 Å². The lowest BCUT2D eigenvalue weighted by Crippen LogP contribution is -2.58. The number of sulfone groups is 2. The van der Waals surface area contributed by atoms with E-state index in [1.807, 2.05) is 135 Å². The highest BCUT2D eigenvalue weighted by Crippen LogP contribution is 2.52. The zero-order chi connectivity index (χ0) is 71.2. The van der Waals surface area contributed by atoms with Crippen LogP contribution >= 0.6 is 24.0 Å². The molecule has 4 N–H and O–H groups in total. The van der Waals surface area contributed by atoms with Gasteiger partial charge in [0, 0.05) is 113 Å². The van der Waals surface area contributed by atoms with Gasteiger partial charge >= 0.3 is 0 Å². The van der Waals surface area contributed by atoms with Crippen molar-refractivity contribution < 1.29 is 41.0 Å². The third-order valence-corrected chi connectivity index (χ3v) is 25.6. The Labute approximate surface area is 613 Å². The second kappa shape index (κ2) is 39.0. The summed E-state index contributed by atoms with van der Waals surface area (Å²) < 4.78 is 69.7. The summed E-state index contributed by atoms with van der Waals surface area (Å²) in [6, 6.07) is 43.8. The Kier molecular flexibility index (Phi) is 32.0. The number of ether oxygens (including phenoxy) is 2. The van der Waals surface area contributed by atoms with Crippen LogP contribution in [-0.2, 0) is 45.3 Å². The van der Waals surface area contributed by atoms with Crippen molar-refractivity contribution in [3.63, 3.8) is 0 Å². The van der Waals surface area contributed by atoms with Crippen LogP contribution in [0, 0.1) is 10.8 Å². The summed E-state index contributed by atoms with van der Waals surface area (Å²) in [6.07, 6.45) is 10.8. The third kappa shape index (κ3) is 21.5. The lowest BCUT2D eigenvalue weighted by molar-refractivity contribution is -0.942. The average Bonchev–Trinajstić information content (AvgIpc) is 1.59. The van der Waals surface area contributed by atoms with E-state index in [2.05, 4.69) is 81.3 Å². The number of alkyl halides is 1. The van der Waals surface area contributed by atoms with Crippen LogP contribution < -0.4 is 29.9 Å². The van der Waals surface area contributed by atoms with Crippen molar-refractivity contribution in [2.24, 2.45) is 10.8 Å². The molecule has 100 heavy (non-hydrogen) atoms. The number of unbranched alkanes of at least 4 members (excludes halogenated alkanes) is 4. The number of nitrogens with one attached hydrogen (secondary N) is 2. The van der Waals surface area contributed by atoms with E-state index in [9.17, 15) is 27.0 Å². The van der Waals surface area contributed by atoms with Crippen molar-refractivity contribution in [1.29, 1.82) is 0 Å². The molecule has 4 aliphatic heterocycles. The zero-order valence-electron chi connectivity index (χ0n) is 62.0. The molecule has 6 aromatic carbocycles. The van der Waals surface area contributed by atoms with Gasteiger partial charge in [-0.05, 0) is 145 Å². The number of halogens is 2. The number of hydrogen-bond donors (Lipinski definition) is 4. The van der Waals surface area contributed by atoms with Gasteiger partial charge in [0.25, 0.3) is 0 Å². The minimum absolute atomic E-state index is 0. The molecule has 0 unspecified atom stereocenters. The van der Waals surface area contributed by atoms with Gasteiger partial charge < -0.3 is 49.5 Å². The molecular weight excluding hydrogens is 1330 g/mol. The summed E-state index contributed by atoms with van der Waals surface area (Å²) in [5.41, 5.74) is 8.15. The van der Waals surface area contributed by atoms with E-state index in [1.54, 1.807) is 12.1 Å². The topological polar surface area (TPSA) is 161 Å². The Hall–Kier alpha value is -5.24. The van der Waals surface area contributed by atoms with E-state index in [0.29, 0.717) is 65.7 Å². The van der Waals surface area contributed by atoms with Crippen LogP contribution in [0.25, 0.3) is 0 Å². The van der Waals surface area contributed by atoms with Crippen molar-refractivity contribution in [3.05, 3.63) is 178 Å². The largest absolute Gasteiger partial charge is 0.489 e. The van der Waals surface area contributed by atoms with Crippen LogP contribution in [0.3, 0.4) is 0 Å². The van der Waals surface area contributed by atoms with E-state index < -0.39 is 54.5 Å². The summed E-state index contributed by atoms with van der Waals surface area (Å²) in [6.45, 7) is 26.9. The van der Waals surface area contributed by atoms with Gasteiger partial charge in [-0.3, -0.25) is 0 Å². The maximum absolute atomic E-state index is 14.1. The summed E-state index contributed by atoms with van der Waals surface area (Å²) >= 11 is 5.91. The number of nitrogens with zero attached hydrogens (tertiary/aromatic N) is 4. The molecule has 4 heterocycles. The SMILES string of the molecule is CCCCC1(CCCC)CS(=O)(=O)c2ccc(N(C)C)cc2[C@@H](c2ccc(OCc3ccc(CCl)cc3)cc2)[C@H]1O.CCCCC1(CCCC)CS(=O)(=O)c2ccc(N(C)C)cc2[C@@H](c2ccc(OCc3ccc(C[N+]4(CCC)CCNCC4)cc3)cc2)[C@H]1O.CCCN1CCNCC1.Cl. The Balaban J connectivity index is 0.000000250. The quantitative estimate of drug-likeness (QED) is 0.0260. The average molecular weight is 1450 g/mol. The Morgan fingerprint density at radius 3 is 1.25 bits per heavy atom. The normalized spacial score (nSPS) is 20.2. The lowest BCUT2D eigenvalue weighted by atomic mass is 9.68. The van der Waals surface area contributed by atoms with E-state index in [-0.39, 0.29) is 23.9 Å². The highest BCUT2D eigenvalue weighted by atomic mass is 35.5. The van der Waals surface area contributed by atoms with Crippen LogP contribution in [0.4, 0.5) is 11.4 Å². The maximum atomic E-state index is 14.1. The van der Waals surface area contributed by atoms with E-state index in [4.69, 9.17) is 21.1 Å². The van der Waals surface area contributed by atoms with Gasteiger partial charge in [0.2, 0.25) is 0 Å². The number of anilines is 2. The monoisotopic (exact) mass is 1450 g/mol. The molecule has 4 atom stereocenters. The van der Waals surface area contributed by atoms with Crippen molar-refractivity contribution in [2.75, 3.05) is 115 Å². The molecule has 10 rings (SSSR count). The van der Waals surface area contributed by atoms with Gasteiger partial charge in [-0.2, -0.15) is 0 Å². The number of aliphatic hydroxyl groups excluding tert-OH is 2. The summed E-state index contributed by atoms with van der Waals surface area (Å²) in [7, 11) is 0.546. The number of fused-ring (bicyclic) bond motifs is 2. The van der Waals surface area contributed by atoms with Gasteiger partial charge in [-0.1, -0.05) is 166 Å². The van der Waals surface area contributed by atoms with Crippen LogP contribution in [-0.4, -0.2) is 154 Å². The molecule has 552 valence electrons. The molecule has 18 heteroatoms. The Bertz CT molecular complexity index is 3620.